The second-order valence-electron chi connectivity index (χ2n) is 7.45. The van der Waals surface area contributed by atoms with Crippen LogP contribution in [0.2, 0.25) is 19.6 Å². The quantitative estimate of drug-likeness (QED) is 0.177. The molecular weight excluding hydrogens is 300 g/mol. The minimum absolute atomic E-state index is 0.0444. The van der Waals surface area contributed by atoms with Gasteiger partial charge in [0.2, 0.25) is 0 Å². The highest BCUT2D eigenvalue weighted by molar-refractivity contribution is 6.83. The zero-order valence-corrected chi connectivity index (χ0v) is 17.1. The molecule has 0 rings (SSSR count). The van der Waals surface area contributed by atoms with Gasteiger partial charge in [0.05, 0.1) is 20.5 Å². The molecule has 0 aliphatic carbocycles. The Kier molecular flexibility index (Phi) is 9.75. The molecule has 0 radical (unpaired) electrons. The van der Waals surface area contributed by atoms with Gasteiger partial charge in [-0.1, -0.05) is 46.5 Å². The van der Waals surface area contributed by atoms with Gasteiger partial charge < -0.3 is 9.47 Å². The van der Waals surface area contributed by atoms with Gasteiger partial charge in [0.25, 0.3) is 0 Å². The highest BCUT2D eigenvalue weighted by Crippen LogP contribution is 2.34. The Morgan fingerprint density at radius 2 is 1.83 bits per heavy atom. The molecule has 0 aromatic rings. The summed E-state index contributed by atoms with van der Waals surface area (Å²) in [6, 6.07) is 0. The predicted molar refractivity (Wildman–Crippen MR) is 104 cm³/mol. The number of allylic oxidation sites excluding steroid dienone is 3. The number of rotatable bonds is 9. The van der Waals surface area contributed by atoms with Crippen LogP contribution < -0.4 is 0 Å². The molecule has 0 aromatic carbocycles. The van der Waals surface area contributed by atoms with E-state index in [2.05, 4.69) is 51.5 Å². The Morgan fingerprint density at radius 3 is 2.35 bits per heavy atom. The van der Waals surface area contributed by atoms with E-state index in [4.69, 9.17) is 9.47 Å². The summed E-state index contributed by atoms with van der Waals surface area (Å²) >= 11 is 0. The average Bonchev–Trinajstić information content (AvgIpc) is 2.45. The first-order valence-corrected chi connectivity index (χ1v) is 11.8. The van der Waals surface area contributed by atoms with Crippen LogP contribution in [0.1, 0.15) is 39.5 Å². The summed E-state index contributed by atoms with van der Waals surface area (Å²) in [4.78, 5) is 0. The summed E-state index contributed by atoms with van der Waals surface area (Å²) in [5.41, 5.74) is 4.64. The highest BCUT2D eigenvalue weighted by atomic mass is 28.3. The molecule has 0 heterocycles. The van der Waals surface area contributed by atoms with Crippen molar-refractivity contribution in [3.05, 3.63) is 36.3 Å². The van der Waals surface area contributed by atoms with Crippen molar-refractivity contribution in [1.82, 2.24) is 0 Å². The predicted octanol–water partition coefficient (Wildman–Crippen LogP) is 5.70. The number of ether oxygens (including phenoxy) is 2. The molecule has 0 saturated carbocycles. The Bertz CT molecular complexity index is 482. The van der Waals surface area contributed by atoms with Gasteiger partial charge >= 0.3 is 0 Å². The topological polar surface area (TPSA) is 18.5 Å². The van der Waals surface area contributed by atoms with Crippen LogP contribution in [-0.2, 0) is 9.47 Å². The van der Waals surface area contributed by atoms with E-state index in [1.807, 2.05) is 12.2 Å². The van der Waals surface area contributed by atoms with Crippen molar-refractivity contribution >= 4 is 8.07 Å². The summed E-state index contributed by atoms with van der Waals surface area (Å²) in [5, 5.41) is 0. The van der Waals surface area contributed by atoms with Crippen molar-refractivity contribution in [2.75, 3.05) is 14.2 Å². The van der Waals surface area contributed by atoms with Crippen LogP contribution in [0, 0.1) is 16.9 Å². The van der Waals surface area contributed by atoms with Crippen LogP contribution in [0.3, 0.4) is 0 Å². The summed E-state index contributed by atoms with van der Waals surface area (Å²) in [5.74, 6) is 4.01. The molecule has 3 heteroatoms. The summed E-state index contributed by atoms with van der Waals surface area (Å²) in [6.45, 7) is 15.2. The third kappa shape index (κ3) is 10.9. The minimum atomic E-state index is -1.23. The van der Waals surface area contributed by atoms with E-state index in [1.54, 1.807) is 20.5 Å². The number of hydrogen-bond donors (Lipinski definition) is 0. The first kappa shape index (κ1) is 21.6. The fraction of sp³-hybridized carbons (Fsp3) is 0.600. The zero-order valence-electron chi connectivity index (χ0n) is 16.1. The third-order valence-corrected chi connectivity index (χ3v) is 4.49. The second kappa shape index (κ2) is 10.4. The molecular formula is C20H34O2Si. The first-order chi connectivity index (χ1) is 10.6. The lowest BCUT2D eigenvalue weighted by Gasteiger charge is -2.26. The molecule has 0 saturated heterocycles. The standard InChI is InChI=1S/C20H34O2Si/c1-18(22-5)17-19(13-15-21-4)20(2,3)14-11-9-10-12-16-23(6,7)8/h13,15,17H,1,9-11,14H2,2-8H3/b15-13+,19-17+. The lowest BCUT2D eigenvalue weighted by molar-refractivity contribution is 0.305. The Hall–Kier alpha value is -1.40. The summed E-state index contributed by atoms with van der Waals surface area (Å²) in [7, 11) is 2.07. The maximum absolute atomic E-state index is 5.19. The molecule has 0 aliphatic heterocycles. The molecule has 23 heavy (non-hydrogen) atoms. The molecule has 0 aliphatic rings. The largest absolute Gasteiger partial charge is 0.504 e. The van der Waals surface area contributed by atoms with E-state index in [9.17, 15) is 0 Å². The minimum Gasteiger partial charge on any atom is -0.504 e. The second-order valence-corrected chi connectivity index (χ2v) is 12.2. The molecule has 0 amide bonds. The van der Waals surface area contributed by atoms with E-state index < -0.39 is 8.07 Å². The average molecular weight is 335 g/mol. The molecule has 0 aromatic heterocycles. The van der Waals surface area contributed by atoms with E-state index in [-0.39, 0.29) is 5.41 Å². The van der Waals surface area contributed by atoms with Crippen molar-refractivity contribution in [1.29, 1.82) is 0 Å². The van der Waals surface area contributed by atoms with Gasteiger partial charge in [-0.05, 0) is 36.0 Å². The van der Waals surface area contributed by atoms with Crippen LogP contribution in [0.25, 0.3) is 0 Å². The molecule has 0 unspecified atom stereocenters. The molecule has 0 bridgehead atoms. The van der Waals surface area contributed by atoms with E-state index in [0.29, 0.717) is 5.76 Å². The Morgan fingerprint density at radius 1 is 1.17 bits per heavy atom. The molecule has 0 spiro atoms. The number of hydrogen-bond acceptors (Lipinski definition) is 2. The maximum Gasteiger partial charge on any atom is 0.129 e. The lowest BCUT2D eigenvalue weighted by atomic mass is 9.79. The summed E-state index contributed by atoms with van der Waals surface area (Å²) < 4.78 is 10.3. The fourth-order valence-electron chi connectivity index (χ4n) is 2.10. The molecule has 2 nitrogen and oxygen atoms in total. The summed E-state index contributed by atoms with van der Waals surface area (Å²) in [6.07, 6.45) is 10.1. The van der Waals surface area contributed by atoms with Gasteiger partial charge in [0.15, 0.2) is 0 Å². The van der Waals surface area contributed by atoms with Crippen molar-refractivity contribution in [3.8, 4) is 11.5 Å². The van der Waals surface area contributed by atoms with Crippen molar-refractivity contribution in [3.63, 3.8) is 0 Å². The molecule has 0 N–H and O–H groups in total. The zero-order chi connectivity index (χ0) is 17.9. The van der Waals surface area contributed by atoms with Gasteiger partial charge in [0, 0.05) is 6.42 Å². The number of methoxy groups -OCH3 is 2. The van der Waals surface area contributed by atoms with Crippen LogP contribution in [0.5, 0.6) is 0 Å². The fourth-order valence-corrected chi connectivity index (χ4v) is 2.75. The number of unbranched alkanes of at least 4 members (excludes halogenated alkanes) is 2. The van der Waals surface area contributed by atoms with E-state index in [1.165, 1.54) is 5.57 Å². The van der Waals surface area contributed by atoms with Crippen molar-refractivity contribution < 1.29 is 9.47 Å². The van der Waals surface area contributed by atoms with E-state index >= 15 is 0 Å². The van der Waals surface area contributed by atoms with E-state index in [0.717, 1.165) is 25.7 Å². The first-order valence-electron chi connectivity index (χ1n) is 8.27. The van der Waals surface area contributed by atoms with Gasteiger partial charge in [-0.2, -0.15) is 0 Å². The van der Waals surface area contributed by atoms with Gasteiger partial charge in [-0.15, -0.1) is 11.5 Å². The lowest BCUT2D eigenvalue weighted by Crippen LogP contribution is -2.16. The third-order valence-electron chi connectivity index (χ3n) is 3.56. The molecule has 0 fully saturated rings. The molecule has 130 valence electrons. The SMILES string of the molecule is C=C(/C=C(\C=C\OC)C(C)(C)CCCCC#C[Si](C)(C)C)OC. The van der Waals surface area contributed by atoms with Gasteiger partial charge in [-0.25, -0.2) is 0 Å². The normalized spacial score (nSPS) is 12.7. The van der Waals surface area contributed by atoms with Crippen LogP contribution in [-0.4, -0.2) is 22.3 Å². The van der Waals surface area contributed by atoms with Gasteiger partial charge in [-0.3, -0.25) is 0 Å². The smallest absolute Gasteiger partial charge is 0.129 e. The van der Waals surface area contributed by atoms with Gasteiger partial charge in [0.1, 0.15) is 13.8 Å². The Balaban J connectivity index is 4.66. The monoisotopic (exact) mass is 334 g/mol. The maximum atomic E-state index is 5.19. The van der Waals surface area contributed by atoms with Crippen molar-refractivity contribution in [2.45, 2.75) is 59.2 Å². The Labute approximate surface area is 144 Å². The van der Waals surface area contributed by atoms with Crippen LogP contribution >= 0.6 is 0 Å². The van der Waals surface area contributed by atoms with Crippen LogP contribution in [0.15, 0.2) is 36.3 Å². The molecule has 0 atom stereocenters. The highest BCUT2D eigenvalue weighted by Gasteiger charge is 2.21. The van der Waals surface area contributed by atoms with Crippen LogP contribution in [0.4, 0.5) is 0 Å². The van der Waals surface area contributed by atoms with Crippen molar-refractivity contribution in [2.24, 2.45) is 5.41 Å².